The number of hydrogen-bond donors (Lipinski definition) is 3. The van der Waals surface area contributed by atoms with Gasteiger partial charge in [0.05, 0.1) is 6.04 Å². The Morgan fingerprint density at radius 3 is 2.32 bits per heavy atom. The minimum atomic E-state index is -0.273. The third-order valence-electron chi connectivity index (χ3n) is 5.14. The third kappa shape index (κ3) is 6.17. The molecule has 158 valence electrons. The summed E-state index contributed by atoms with van der Waals surface area (Å²) in [6.45, 7) is 0.436. The van der Waals surface area contributed by atoms with E-state index in [0.717, 1.165) is 23.2 Å². The van der Waals surface area contributed by atoms with Crippen LogP contribution in [0, 0.1) is 0 Å². The molecule has 0 spiro atoms. The largest absolute Gasteiger partial charge is 0.334 e. The first-order valence-electron chi connectivity index (χ1n) is 10.4. The number of urea groups is 1. The number of aromatic nitrogens is 1. The van der Waals surface area contributed by atoms with Crippen molar-refractivity contribution in [3.63, 3.8) is 0 Å². The molecule has 6 nitrogen and oxygen atoms in total. The van der Waals surface area contributed by atoms with E-state index in [9.17, 15) is 4.79 Å². The van der Waals surface area contributed by atoms with Crippen LogP contribution in [0.4, 0.5) is 4.79 Å². The molecule has 2 atom stereocenters. The molecule has 0 saturated heterocycles. The van der Waals surface area contributed by atoms with E-state index in [1.807, 2.05) is 48.5 Å². The quantitative estimate of drug-likeness (QED) is 0.527. The number of benzene rings is 2. The lowest BCUT2D eigenvalue weighted by atomic mass is 10.00. The van der Waals surface area contributed by atoms with Gasteiger partial charge in [-0.25, -0.2) is 4.79 Å². The van der Waals surface area contributed by atoms with Crippen molar-refractivity contribution in [2.45, 2.75) is 31.5 Å². The van der Waals surface area contributed by atoms with Crippen LogP contribution in [0.15, 0.2) is 97.0 Å². The van der Waals surface area contributed by atoms with Gasteiger partial charge in [-0.3, -0.25) is 15.3 Å². The first-order valence-corrected chi connectivity index (χ1v) is 10.4. The number of nitrogens with zero attached hydrogens (tertiary/aromatic N) is 1. The summed E-state index contributed by atoms with van der Waals surface area (Å²) in [6.07, 6.45) is 6.62. The van der Waals surface area contributed by atoms with Crippen LogP contribution in [0.5, 0.6) is 0 Å². The molecule has 31 heavy (non-hydrogen) atoms. The number of pyridine rings is 1. The van der Waals surface area contributed by atoms with E-state index in [0.29, 0.717) is 13.0 Å². The van der Waals surface area contributed by atoms with E-state index in [4.69, 9.17) is 4.84 Å². The van der Waals surface area contributed by atoms with Crippen molar-refractivity contribution in [1.29, 1.82) is 0 Å². The van der Waals surface area contributed by atoms with Crippen LogP contribution in [0.2, 0.25) is 0 Å². The third-order valence-corrected chi connectivity index (χ3v) is 5.14. The Hall–Kier alpha value is -3.64. The molecule has 2 heterocycles. The second kappa shape index (κ2) is 10.4. The number of carbonyl (C=O) groups is 1. The molecule has 1 aliphatic heterocycles. The molecule has 1 aromatic heterocycles. The molecule has 3 aromatic rings. The highest BCUT2D eigenvalue weighted by Gasteiger charge is 2.28. The Morgan fingerprint density at radius 1 is 0.935 bits per heavy atom. The number of allylic oxidation sites excluding steroid dienone is 1. The zero-order valence-corrected chi connectivity index (χ0v) is 17.2. The maximum Gasteiger partial charge on any atom is 0.315 e. The number of hydrogen-bond acceptors (Lipinski definition) is 4. The van der Waals surface area contributed by atoms with E-state index in [1.54, 1.807) is 12.4 Å². The molecule has 0 aliphatic carbocycles. The van der Waals surface area contributed by atoms with Crippen LogP contribution in [0.25, 0.3) is 0 Å². The van der Waals surface area contributed by atoms with Gasteiger partial charge in [0, 0.05) is 31.1 Å². The van der Waals surface area contributed by atoms with Crippen LogP contribution >= 0.6 is 0 Å². The summed E-state index contributed by atoms with van der Waals surface area (Å²) in [7, 11) is 0. The molecule has 3 N–H and O–H groups in total. The summed E-state index contributed by atoms with van der Waals surface area (Å²) in [6, 6.07) is 23.6. The summed E-state index contributed by atoms with van der Waals surface area (Å²) in [4.78, 5) is 22.5. The summed E-state index contributed by atoms with van der Waals surface area (Å²) in [5, 5.41) is 6.00. The standard InChI is InChI=1S/C25H26N4O2/c30-25(27-18-21-11-13-26-14-12-21)28-23(16-20-9-5-2-6-10-20)24-17-22(29-31-24)15-19-7-3-1-4-8-19/h1-14,17,23-24,29H,15-16,18H2,(H2,27,28,30). The maximum absolute atomic E-state index is 12.6. The van der Waals surface area contributed by atoms with Gasteiger partial charge in [0.25, 0.3) is 0 Å². The Balaban J connectivity index is 1.42. The Morgan fingerprint density at radius 2 is 1.61 bits per heavy atom. The van der Waals surface area contributed by atoms with Crippen LogP contribution in [0.1, 0.15) is 16.7 Å². The van der Waals surface area contributed by atoms with Gasteiger partial charge < -0.3 is 10.6 Å². The van der Waals surface area contributed by atoms with E-state index in [1.165, 1.54) is 5.56 Å². The molecule has 2 unspecified atom stereocenters. The van der Waals surface area contributed by atoms with Crippen LogP contribution in [-0.4, -0.2) is 23.2 Å². The van der Waals surface area contributed by atoms with Gasteiger partial charge in [0.2, 0.25) is 0 Å². The average molecular weight is 415 g/mol. The predicted octanol–water partition coefficient (Wildman–Crippen LogP) is 3.52. The van der Waals surface area contributed by atoms with Gasteiger partial charge >= 0.3 is 6.03 Å². The topological polar surface area (TPSA) is 75.3 Å². The molecule has 2 aromatic carbocycles. The molecule has 6 heteroatoms. The summed E-state index contributed by atoms with van der Waals surface area (Å²) < 4.78 is 0. The van der Waals surface area contributed by atoms with E-state index in [-0.39, 0.29) is 18.2 Å². The lowest BCUT2D eigenvalue weighted by molar-refractivity contribution is 0.0225. The lowest BCUT2D eigenvalue weighted by Gasteiger charge is -2.23. The first kappa shape index (κ1) is 20.6. The molecular formula is C25H26N4O2. The normalized spacial score (nSPS) is 16.1. The highest BCUT2D eigenvalue weighted by molar-refractivity contribution is 5.74. The minimum absolute atomic E-state index is 0.222. The predicted molar refractivity (Wildman–Crippen MR) is 120 cm³/mol. The second-order valence-electron chi connectivity index (χ2n) is 7.52. The molecule has 0 fully saturated rings. The highest BCUT2D eigenvalue weighted by atomic mass is 16.7. The fourth-order valence-electron chi connectivity index (χ4n) is 3.54. The van der Waals surface area contributed by atoms with Crippen molar-refractivity contribution in [3.05, 3.63) is 114 Å². The van der Waals surface area contributed by atoms with E-state index >= 15 is 0 Å². The van der Waals surface area contributed by atoms with Crippen molar-refractivity contribution in [3.8, 4) is 0 Å². The van der Waals surface area contributed by atoms with Gasteiger partial charge in [0.1, 0.15) is 6.10 Å². The molecule has 0 radical (unpaired) electrons. The first-order chi connectivity index (χ1) is 15.3. The van der Waals surface area contributed by atoms with Gasteiger partial charge in [-0.1, -0.05) is 60.7 Å². The highest BCUT2D eigenvalue weighted by Crippen LogP contribution is 2.18. The van der Waals surface area contributed by atoms with Gasteiger partial charge in [-0.05, 0) is 41.3 Å². The number of nitrogens with one attached hydrogen (secondary N) is 3. The number of hydroxylamine groups is 1. The fourth-order valence-corrected chi connectivity index (χ4v) is 3.54. The molecule has 4 rings (SSSR count). The van der Waals surface area contributed by atoms with Crippen molar-refractivity contribution < 1.29 is 9.63 Å². The summed E-state index contributed by atoms with van der Waals surface area (Å²) in [5.41, 5.74) is 7.36. The molecule has 0 bridgehead atoms. The van der Waals surface area contributed by atoms with Gasteiger partial charge in [-0.15, -0.1) is 0 Å². The fraction of sp³-hybridized carbons (Fsp3) is 0.200. The van der Waals surface area contributed by atoms with Crippen molar-refractivity contribution in [2.75, 3.05) is 0 Å². The van der Waals surface area contributed by atoms with E-state index in [2.05, 4.69) is 51.4 Å². The van der Waals surface area contributed by atoms with Crippen molar-refractivity contribution in [2.24, 2.45) is 0 Å². The second-order valence-corrected chi connectivity index (χ2v) is 7.52. The molecule has 1 aliphatic rings. The van der Waals surface area contributed by atoms with Crippen LogP contribution in [-0.2, 0) is 24.2 Å². The van der Waals surface area contributed by atoms with Gasteiger partial charge in [-0.2, -0.15) is 0 Å². The molecular weight excluding hydrogens is 388 g/mol. The lowest BCUT2D eigenvalue weighted by Crippen LogP contribution is -2.48. The zero-order valence-electron chi connectivity index (χ0n) is 17.2. The Labute approximate surface area is 182 Å². The number of amides is 2. The molecule has 0 saturated carbocycles. The van der Waals surface area contributed by atoms with Crippen LogP contribution in [0.3, 0.4) is 0 Å². The zero-order chi connectivity index (χ0) is 21.3. The van der Waals surface area contributed by atoms with Crippen LogP contribution < -0.4 is 16.1 Å². The average Bonchev–Trinajstić information content (AvgIpc) is 3.28. The minimum Gasteiger partial charge on any atom is -0.334 e. The SMILES string of the molecule is O=C(NCc1ccncc1)NC(Cc1ccccc1)C1C=C(Cc2ccccc2)NO1. The summed E-state index contributed by atoms with van der Waals surface area (Å²) in [5.74, 6) is 0. The monoisotopic (exact) mass is 414 g/mol. The van der Waals surface area contributed by atoms with Crippen molar-refractivity contribution >= 4 is 6.03 Å². The van der Waals surface area contributed by atoms with E-state index < -0.39 is 0 Å². The molecule has 2 amide bonds. The Bertz CT molecular complexity index is 994. The summed E-state index contributed by atoms with van der Waals surface area (Å²) >= 11 is 0. The maximum atomic E-state index is 12.6. The van der Waals surface area contributed by atoms with Gasteiger partial charge in [0.15, 0.2) is 0 Å². The number of rotatable bonds is 8. The number of carbonyl (C=O) groups excluding carboxylic acids is 1. The smallest absolute Gasteiger partial charge is 0.315 e. The van der Waals surface area contributed by atoms with Crippen molar-refractivity contribution in [1.82, 2.24) is 21.1 Å². The Kier molecular flexibility index (Phi) is 6.92.